The number of primary amides is 1. The lowest BCUT2D eigenvalue weighted by molar-refractivity contribution is -0.147. The molecule has 4 aliphatic heterocycles. The standard InChI is InChI=1S/C105H141N15O22S2/c1-63(110-80(122)49-53-119-83(125)46-47-84(119)126)88(128)114-73(55-65-38-42-70(43-39-65)140-100(9,10)11)91(131)117-76(60-139-99(6,7)8)94(134)118-77(62-144-105(67-31-23-20-24-32-67,68-33-25-21-26-34-68)69-35-27-22-28-36-69)90(130)109-57-81(123)108-58-82(124)112-78(61-143-102(15,16)17)95(135)111-64(2)89(129)115-74(56-66-40-44-71(45-41-66)141-101(12,13)14)92(132)116-75(59-138-98(3,4)5)93(133)113-72(87(106)127)37-29-30-52-107-79(121)48-54-120-96(136)85-86(97(120)137)104(19)51-50-103(85,18)142-104/h20-28,31-36,38-47,50-51,63-64,72-78,85-86H,29-30,37,48-49,52-62H2,1-19H3,(H2,106,127)(H,107,121)(H,108,123)(H,109,130)(H,110,122)(H,111,135)(H,112,124)(H,113,133)(H,114,128)(H,115,129)(H,116,132)(H,117,131)(H,118,134)/t63-,64-,72-,73-,74-,75-,76-,77-,78-,85-,86+,103?,104?/m0/s1. The molecule has 5 aromatic rings. The molecular weight excluding hydrogens is 1890 g/mol. The van der Waals surface area contributed by atoms with E-state index in [-0.39, 0.29) is 69.7 Å². The van der Waals surface area contributed by atoms with Crippen molar-refractivity contribution in [3.05, 3.63) is 192 Å². The van der Waals surface area contributed by atoms with Crippen molar-refractivity contribution in [3.8, 4) is 11.5 Å². The minimum atomic E-state index is -1.63. The van der Waals surface area contributed by atoms with Crippen LogP contribution in [-0.2, 0) is 113 Å². The van der Waals surface area contributed by atoms with Crippen LogP contribution in [0.1, 0.15) is 191 Å². The summed E-state index contributed by atoms with van der Waals surface area (Å²) in [5.41, 5.74) is 4.41. The first-order valence-corrected chi connectivity index (χ1v) is 50.3. The molecule has 2 saturated heterocycles. The Morgan fingerprint density at radius 3 is 1.21 bits per heavy atom. The van der Waals surface area contributed by atoms with Crippen molar-refractivity contribution in [2.75, 3.05) is 57.4 Å². The van der Waals surface area contributed by atoms with Crippen LogP contribution in [0.5, 0.6) is 11.5 Å². The Balaban J connectivity index is 0.885. The van der Waals surface area contributed by atoms with Crippen molar-refractivity contribution < 1.29 is 105 Å². The van der Waals surface area contributed by atoms with E-state index < -0.39 is 236 Å². The number of nitrogens with one attached hydrogen (secondary N) is 12. The highest BCUT2D eigenvalue weighted by molar-refractivity contribution is 8.00. The van der Waals surface area contributed by atoms with Crippen LogP contribution in [0.4, 0.5) is 0 Å². The number of likely N-dealkylation sites (tertiary alicyclic amines) is 1. The molecule has 144 heavy (non-hydrogen) atoms. The number of ether oxygens (including phenoxy) is 5. The molecule has 2 fully saturated rings. The van der Waals surface area contributed by atoms with Gasteiger partial charge in [-0.15, -0.1) is 11.8 Å². The summed E-state index contributed by atoms with van der Waals surface area (Å²) in [5.74, 6) is -13.6. The summed E-state index contributed by atoms with van der Waals surface area (Å²) in [4.78, 5) is 240. The van der Waals surface area contributed by atoms with Crippen LogP contribution < -0.4 is 79.0 Å². The molecule has 0 aliphatic carbocycles. The number of nitrogens with zero attached hydrogens (tertiary/aromatic N) is 2. The highest BCUT2D eigenvalue weighted by atomic mass is 32.2. The zero-order valence-electron chi connectivity index (χ0n) is 85.5. The second kappa shape index (κ2) is 50.1. The Labute approximate surface area is 850 Å². The number of unbranched alkanes of at least 4 members (excludes halogenated alkanes) is 1. The Bertz CT molecular complexity index is 5340. The maximum atomic E-state index is 15.5. The molecule has 780 valence electrons. The van der Waals surface area contributed by atoms with Crippen LogP contribution in [-0.4, -0.2) is 260 Å². The molecule has 13 atom stereocenters. The molecule has 4 aliphatic rings. The highest BCUT2D eigenvalue weighted by Gasteiger charge is 2.70. The molecule has 39 heteroatoms. The average molecular weight is 2030 g/mol. The Kier molecular flexibility index (Phi) is 39.9. The van der Waals surface area contributed by atoms with E-state index in [0.29, 0.717) is 29.0 Å². The number of thioether (sulfide) groups is 2. The SMILES string of the molecule is C[C@H](NC(=O)CCN1C(=O)C=CC1=O)C(=O)N[C@@H](Cc1ccc(OC(C)(C)C)cc1)C(=O)N[C@@H](COC(C)(C)C)C(=O)N[C@@H](CSC(c1ccccc1)(c1ccccc1)c1ccccc1)C(=O)NCC(=O)NCC(=O)N[C@@H](CSC(C)(C)C)C(=O)N[C@@H](C)C(=O)N[C@@H](Cc1ccc(OC(C)(C)C)cc1)C(=O)N[C@@H](COC(C)(C)C)C(=O)N[C@@H](CCCCNC(=O)CCN1C(=O)[C@@H]2[C@H](C1=O)C1(C)C=CC2(C)O1)C(N)=O. The Morgan fingerprint density at radius 2 is 0.778 bits per heavy atom. The van der Waals surface area contributed by atoms with E-state index in [4.69, 9.17) is 29.4 Å². The molecular formula is C105H141N15O22S2. The second-order valence-corrected chi connectivity index (χ2v) is 44.6. The van der Waals surface area contributed by atoms with Crippen LogP contribution in [0.15, 0.2) is 164 Å². The Hall–Kier alpha value is -12.8. The average Bonchev–Trinajstić information content (AvgIpc) is 1.52. The van der Waals surface area contributed by atoms with Crippen LogP contribution >= 0.6 is 23.5 Å². The first-order chi connectivity index (χ1) is 67.4. The number of hydrogen-bond donors (Lipinski definition) is 13. The lowest BCUT2D eigenvalue weighted by Gasteiger charge is -2.36. The molecule has 2 bridgehead atoms. The number of imide groups is 2. The van der Waals surface area contributed by atoms with Crippen molar-refractivity contribution in [3.63, 3.8) is 0 Å². The van der Waals surface area contributed by atoms with Crippen molar-refractivity contribution in [2.45, 2.75) is 274 Å². The second-order valence-electron chi connectivity index (χ2n) is 41.5. The van der Waals surface area contributed by atoms with E-state index in [1.165, 1.54) is 37.4 Å². The van der Waals surface area contributed by atoms with Gasteiger partial charge in [0.25, 0.3) is 11.8 Å². The van der Waals surface area contributed by atoms with Gasteiger partial charge in [0.1, 0.15) is 77.1 Å². The van der Waals surface area contributed by atoms with Gasteiger partial charge in [0.2, 0.25) is 88.6 Å². The molecule has 0 saturated carbocycles. The van der Waals surface area contributed by atoms with Gasteiger partial charge >= 0.3 is 0 Å². The Morgan fingerprint density at radius 1 is 0.396 bits per heavy atom. The first kappa shape index (κ1) is 115. The molecule has 0 spiro atoms. The third-order valence-electron chi connectivity index (χ3n) is 23.6. The van der Waals surface area contributed by atoms with Crippen molar-refractivity contribution in [1.82, 2.24) is 73.6 Å². The smallest absolute Gasteiger partial charge is 0.253 e. The maximum absolute atomic E-state index is 15.5. The number of rotatable bonds is 51. The number of amides is 17. The zero-order valence-corrected chi connectivity index (χ0v) is 87.2. The largest absolute Gasteiger partial charge is 0.488 e. The maximum Gasteiger partial charge on any atom is 0.253 e. The summed E-state index contributed by atoms with van der Waals surface area (Å²) in [7, 11) is 0. The van der Waals surface area contributed by atoms with E-state index in [1.807, 2.05) is 153 Å². The fraction of sp³-hybridized carbons (Fsp3) is 0.514. The molecule has 5 aromatic carbocycles. The van der Waals surface area contributed by atoms with Gasteiger partial charge in [-0.25, -0.2) is 0 Å². The number of hydrogen-bond acceptors (Lipinski definition) is 24. The van der Waals surface area contributed by atoms with Crippen LogP contribution in [0, 0.1) is 11.8 Å². The minimum Gasteiger partial charge on any atom is -0.488 e. The van der Waals surface area contributed by atoms with Gasteiger partial charge in [0, 0.05) is 73.7 Å². The fourth-order valence-corrected chi connectivity index (χ4v) is 18.8. The lowest BCUT2D eigenvalue weighted by Crippen LogP contribution is -2.60. The van der Waals surface area contributed by atoms with Gasteiger partial charge in [-0.3, -0.25) is 91.3 Å². The quantitative estimate of drug-likeness (QED) is 0.00982. The van der Waals surface area contributed by atoms with Gasteiger partial charge in [-0.05, 0) is 182 Å². The summed E-state index contributed by atoms with van der Waals surface area (Å²) in [6.45, 7) is 30.6. The van der Waals surface area contributed by atoms with Crippen LogP contribution in [0.3, 0.4) is 0 Å². The molecule has 2 unspecified atom stereocenters. The van der Waals surface area contributed by atoms with Crippen LogP contribution in [0.2, 0.25) is 0 Å². The van der Waals surface area contributed by atoms with E-state index in [1.54, 1.807) is 116 Å². The third kappa shape index (κ3) is 34.2. The monoisotopic (exact) mass is 2030 g/mol. The molecule has 0 aromatic heterocycles. The molecule has 14 N–H and O–H groups in total. The summed E-state index contributed by atoms with van der Waals surface area (Å²) in [5, 5.41) is 32.1. The predicted molar refractivity (Wildman–Crippen MR) is 543 cm³/mol. The molecule has 17 amide bonds. The molecule has 0 radical (unpaired) electrons. The van der Waals surface area contributed by atoms with Gasteiger partial charge in [-0.1, -0.05) is 148 Å². The van der Waals surface area contributed by atoms with E-state index in [9.17, 15) is 67.1 Å². The summed E-state index contributed by atoms with van der Waals surface area (Å²) >= 11 is 2.56. The van der Waals surface area contributed by atoms with Crippen molar-refractivity contribution >= 4 is 124 Å². The number of benzene rings is 5. The summed E-state index contributed by atoms with van der Waals surface area (Å²) in [6.07, 6.45) is 5.44. The van der Waals surface area contributed by atoms with E-state index >= 15 is 14.4 Å². The van der Waals surface area contributed by atoms with E-state index in [0.717, 1.165) is 38.6 Å². The van der Waals surface area contributed by atoms with Gasteiger partial charge < -0.3 is 93.2 Å². The fourth-order valence-electron chi connectivity index (χ4n) is 16.4. The van der Waals surface area contributed by atoms with Gasteiger partial charge in [0.15, 0.2) is 0 Å². The molecule has 9 rings (SSSR count). The minimum absolute atomic E-state index is 0.00247. The van der Waals surface area contributed by atoms with Crippen molar-refractivity contribution in [1.29, 1.82) is 0 Å². The number of fused-ring (bicyclic) bond motifs is 5. The predicted octanol–water partition coefficient (Wildman–Crippen LogP) is 5.54. The van der Waals surface area contributed by atoms with Crippen molar-refractivity contribution in [2.24, 2.45) is 17.6 Å². The third-order valence-corrected chi connectivity index (χ3v) is 26.6. The number of nitrogens with two attached hydrogens (primary N) is 1. The number of carbonyl (C=O) groups is 17. The van der Waals surface area contributed by atoms with Gasteiger partial charge in [0.05, 0.1) is 65.3 Å². The molecule has 37 nitrogen and oxygen atoms in total. The zero-order chi connectivity index (χ0) is 106. The first-order valence-electron chi connectivity index (χ1n) is 48.3. The van der Waals surface area contributed by atoms with E-state index in [2.05, 4.69) is 63.8 Å². The lowest BCUT2D eigenvalue weighted by atomic mass is 9.73. The normalized spacial score (nSPS) is 18.5. The summed E-state index contributed by atoms with van der Waals surface area (Å²) in [6, 6.07) is 28.7. The van der Waals surface area contributed by atoms with Crippen LogP contribution in [0.25, 0.3) is 0 Å². The topological polar surface area (TPSA) is 513 Å². The highest BCUT2D eigenvalue weighted by Crippen LogP contribution is 2.57. The summed E-state index contributed by atoms with van der Waals surface area (Å²) < 4.78 is 28.8. The number of carbonyl (C=O) groups excluding carboxylic acids is 17. The molecule has 4 heterocycles. The van der Waals surface area contributed by atoms with Gasteiger partial charge in [-0.2, -0.15) is 11.8 Å².